The van der Waals surface area contributed by atoms with Crippen molar-refractivity contribution in [1.82, 2.24) is 5.32 Å². The molecule has 0 bridgehead atoms. The Bertz CT molecular complexity index is 509. The predicted octanol–water partition coefficient (Wildman–Crippen LogP) is 2.29. The van der Waals surface area contributed by atoms with Crippen molar-refractivity contribution in [3.05, 3.63) is 30.1 Å². The van der Waals surface area contributed by atoms with Gasteiger partial charge in [-0.2, -0.15) is 0 Å². The van der Waals surface area contributed by atoms with E-state index in [2.05, 4.69) is 5.32 Å². The quantitative estimate of drug-likeness (QED) is 0.818. The molecular formula is C14H16FNO3S. The summed E-state index contributed by atoms with van der Waals surface area (Å²) in [5.74, 6) is -1.55. The average molecular weight is 297 g/mol. The summed E-state index contributed by atoms with van der Waals surface area (Å²) in [5.41, 5.74) is 0. The van der Waals surface area contributed by atoms with Crippen molar-refractivity contribution in [2.75, 3.05) is 5.75 Å². The van der Waals surface area contributed by atoms with Crippen molar-refractivity contribution in [3.8, 4) is 0 Å². The average Bonchev–Trinajstić information content (AvgIpc) is 2.86. The fraction of sp³-hybridized carbons (Fsp3) is 0.429. The van der Waals surface area contributed by atoms with Crippen LogP contribution < -0.4 is 5.32 Å². The van der Waals surface area contributed by atoms with Crippen LogP contribution in [0.3, 0.4) is 0 Å². The molecule has 1 saturated carbocycles. The van der Waals surface area contributed by atoms with Crippen LogP contribution in [0.15, 0.2) is 29.2 Å². The number of carboxylic acid groups (broad SMARTS) is 1. The maximum atomic E-state index is 13.4. The minimum absolute atomic E-state index is 0.0789. The van der Waals surface area contributed by atoms with Gasteiger partial charge in [-0.15, -0.1) is 11.8 Å². The first-order chi connectivity index (χ1) is 9.56. The number of carboxylic acids is 1. The molecule has 0 spiro atoms. The summed E-state index contributed by atoms with van der Waals surface area (Å²) in [5, 5.41) is 11.7. The van der Waals surface area contributed by atoms with Gasteiger partial charge in [0.05, 0.1) is 11.7 Å². The second kappa shape index (κ2) is 6.74. The van der Waals surface area contributed by atoms with E-state index in [1.54, 1.807) is 18.2 Å². The van der Waals surface area contributed by atoms with Gasteiger partial charge in [-0.25, -0.2) is 4.39 Å². The van der Waals surface area contributed by atoms with E-state index >= 15 is 0 Å². The number of hydrogen-bond acceptors (Lipinski definition) is 3. The van der Waals surface area contributed by atoms with Gasteiger partial charge < -0.3 is 10.4 Å². The van der Waals surface area contributed by atoms with E-state index in [1.165, 1.54) is 6.07 Å². The number of aliphatic carboxylic acids is 1. The Hall–Kier alpha value is -1.56. The molecule has 0 aromatic heterocycles. The predicted molar refractivity (Wildman–Crippen MR) is 74.0 cm³/mol. The number of rotatable bonds is 5. The van der Waals surface area contributed by atoms with Gasteiger partial charge in [-0.1, -0.05) is 12.1 Å². The number of carbonyl (C=O) groups excluding carboxylic acids is 1. The zero-order valence-electron chi connectivity index (χ0n) is 10.8. The molecule has 6 heteroatoms. The lowest BCUT2D eigenvalue weighted by molar-refractivity contribution is -0.141. The number of nitrogens with one attached hydrogen (secondary N) is 1. The summed E-state index contributed by atoms with van der Waals surface area (Å²) in [6.07, 6.45) is 1.76. The lowest BCUT2D eigenvalue weighted by Gasteiger charge is -2.12. The highest BCUT2D eigenvalue weighted by Gasteiger charge is 2.30. The number of carbonyl (C=O) groups is 2. The third-order valence-electron chi connectivity index (χ3n) is 3.34. The molecule has 2 rings (SSSR count). The Morgan fingerprint density at radius 2 is 2.10 bits per heavy atom. The van der Waals surface area contributed by atoms with Crippen molar-refractivity contribution in [2.45, 2.75) is 30.2 Å². The molecule has 0 unspecified atom stereocenters. The first kappa shape index (κ1) is 14.8. The van der Waals surface area contributed by atoms with E-state index in [-0.39, 0.29) is 29.4 Å². The maximum Gasteiger partial charge on any atom is 0.306 e. The second-order valence-electron chi connectivity index (χ2n) is 4.83. The Labute approximate surface area is 120 Å². The summed E-state index contributed by atoms with van der Waals surface area (Å²) in [7, 11) is 0. The molecule has 108 valence electrons. The van der Waals surface area contributed by atoms with E-state index in [9.17, 15) is 14.0 Å². The Morgan fingerprint density at radius 1 is 1.35 bits per heavy atom. The van der Waals surface area contributed by atoms with Crippen molar-refractivity contribution < 1.29 is 19.1 Å². The first-order valence-corrected chi connectivity index (χ1v) is 7.44. The van der Waals surface area contributed by atoms with Gasteiger partial charge in [0.2, 0.25) is 5.91 Å². The molecule has 2 N–H and O–H groups in total. The van der Waals surface area contributed by atoms with Crippen LogP contribution >= 0.6 is 11.8 Å². The van der Waals surface area contributed by atoms with Crippen LogP contribution in [0.2, 0.25) is 0 Å². The lowest BCUT2D eigenvalue weighted by Crippen LogP contribution is -2.34. The minimum atomic E-state index is -0.803. The van der Waals surface area contributed by atoms with Crippen molar-refractivity contribution in [3.63, 3.8) is 0 Å². The van der Waals surface area contributed by atoms with Crippen LogP contribution in [0.1, 0.15) is 19.3 Å². The normalized spacial score (nSPS) is 21.6. The molecule has 0 heterocycles. The smallest absolute Gasteiger partial charge is 0.306 e. The monoisotopic (exact) mass is 297 g/mol. The summed E-state index contributed by atoms with van der Waals surface area (Å²) in [6.45, 7) is 0. The van der Waals surface area contributed by atoms with Gasteiger partial charge in [0.15, 0.2) is 0 Å². The van der Waals surface area contributed by atoms with Crippen LogP contribution in [-0.4, -0.2) is 28.8 Å². The van der Waals surface area contributed by atoms with Gasteiger partial charge in [-0.3, -0.25) is 9.59 Å². The molecule has 4 nitrogen and oxygen atoms in total. The summed E-state index contributed by atoms with van der Waals surface area (Å²) in [6, 6.07) is 6.23. The third-order valence-corrected chi connectivity index (χ3v) is 4.39. The third kappa shape index (κ3) is 3.96. The highest BCUT2D eigenvalue weighted by molar-refractivity contribution is 8.00. The van der Waals surface area contributed by atoms with Crippen LogP contribution in [0.25, 0.3) is 0 Å². The molecule has 1 amide bonds. The standard InChI is InChI=1S/C14H16FNO3S/c15-11-3-1-2-4-12(11)20-8-13(17)16-10-6-5-9(7-10)14(18)19/h1-4,9-10H,5-8H2,(H,16,17)(H,18,19)/t9-,10+/m1/s1. The van der Waals surface area contributed by atoms with Gasteiger partial charge in [-0.05, 0) is 31.4 Å². The van der Waals surface area contributed by atoms with E-state index in [0.29, 0.717) is 24.2 Å². The highest BCUT2D eigenvalue weighted by Crippen LogP contribution is 2.26. The van der Waals surface area contributed by atoms with Crippen LogP contribution in [0.4, 0.5) is 4.39 Å². The van der Waals surface area contributed by atoms with Gasteiger partial charge in [0.1, 0.15) is 5.82 Å². The molecule has 1 fully saturated rings. The minimum Gasteiger partial charge on any atom is -0.481 e. The highest BCUT2D eigenvalue weighted by atomic mass is 32.2. The Morgan fingerprint density at radius 3 is 2.75 bits per heavy atom. The Balaban J connectivity index is 1.77. The molecular weight excluding hydrogens is 281 g/mol. The molecule has 1 aromatic carbocycles. The molecule has 2 atom stereocenters. The number of thioether (sulfide) groups is 1. The molecule has 0 aliphatic heterocycles. The topological polar surface area (TPSA) is 66.4 Å². The van der Waals surface area contributed by atoms with Gasteiger partial charge >= 0.3 is 5.97 Å². The molecule has 1 aliphatic carbocycles. The molecule has 20 heavy (non-hydrogen) atoms. The first-order valence-electron chi connectivity index (χ1n) is 6.45. The number of halogens is 1. The zero-order chi connectivity index (χ0) is 14.5. The molecule has 0 radical (unpaired) electrons. The maximum absolute atomic E-state index is 13.4. The lowest BCUT2D eigenvalue weighted by atomic mass is 10.1. The summed E-state index contributed by atoms with van der Waals surface area (Å²) in [4.78, 5) is 23.0. The van der Waals surface area contributed by atoms with Crippen LogP contribution in [-0.2, 0) is 9.59 Å². The van der Waals surface area contributed by atoms with Crippen LogP contribution in [0.5, 0.6) is 0 Å². The number of amides is 1. The summed E-state index contributed by atoms with van der Waals surface area (Å²) < 4.78 is 13.4. The van der Waals surface area contributed by atoms with Crippen molar-refractivity contribution in [1.29, 1.82) is 0 Å². The second-order valence-corrected chi connectivity index (χ2v) is 5.85. The van der Waals surface area contributed by atoms with E-state index < -0.39 is 5.97 Å². The van der Waals surface area contributed by atoms with E-state index in [0.717, 1.165) is 11.8 Å². The van der Waals surface area contributed by atoms with Gasteiger partial charge in [0, 0.05) is 10.9 Å². The zero-order valence-corrected chi connectivity index (χ0v) is 11.7. The van der Waals surface area contributed by atoms with E-state index in [1.807, 2.05) is 0 Å². The molecule has 0 saturated heterocycles. The Kier molecular flexibility index (Phi) is 5.00. The summed E-state index contributed by atoms with van der Waals surface area (Å²) >= 11 is 1.14. The molecule has 1 aromatic rings. The van der Waals surface area contributed by atoms with Crippen molar-refractivity contribution >= 4 is 23.6 Å². The van der Waals surface area contributed by atoms with Gasteiger partial charge in [0.25, 0.3) is 0 Å². The molecule has 1 aliphatic rings. The fourth-order valence-electron chi connectivity index (χ4n) is 2.31. The fourth-order valence-corrected chi connectivity index (χ4v) is 3.06. The van der Waals surface area contributed by atoms with Crippen molar-refractivity contribution in [2.24, 2.45) is 5.92 Å². The van der Waals surface area contributed by atoms with E-state index in [4.69, 9.17) is 5.11 Å². The van der Waals surface area contributed by atoms with Crippen LogP contribution in [0, 0.1) is 11.7 Å². The SMILES string of the molecule is O=C(CSc1ccccc1F)N[C@H]1CC[C@@H](C(=O)O)C1. The largest absolute Gasteiger partial charge is 0.481 e. The number of benzene rings is 1. The number of hydrogen-bond donors (Lipinski definition) is 2.